The van der Waals surface area contributed by atoms with Crippen molar-refractivity contribution in [2.24, 2.45) is 0 Å². The number of rotatable bonds is 6. The van der Waals surface area contributed by atoms with Crippen molar-refractivity contribution in [3.05, 3.63) is 59.9 Å². The van der Waals surface area contributed by atoms with E-state index in [0.29, 0.717) is 19.2 Å². The average Bonchev–Trinajstić information content (AvgIpc) is 3.10. The van der Waals surface area contributed by atoms with Crippen LogP contribution < -0.4 is 4.74 Å². The number of likely N-dealkylation sites (N-methyl/N-ethyl adjacent to an activating group) is 1. The van der Waals surface area contributed by atoms with Crippen LogP contribution >= 0.6 is 0 Å². The van der Waals surface area contributed by atoms with Gasteiger partial charge in [0.25, 0.3) is 0 Å². The second-order valence-corrected chi connectivity index (χ2v) is 8.00. The van der Waals surface area contributed by atoms with Crippen molar-refractivity contribution in [1.82, 2.24) is 14.5 Å². The van der Waals surface area contributed by atoms with E-state index in [1.165, 1.54) is 19.3 Å². The van der Waals surface area contributed by atoms with Gasteiger partial charge in [-0.05, 0) is 49.6 Å². The summed E-state index contributed by atoms with van der Waals surface area (Å²) in [4.78, 5) is 19.7. The summed E-state index contributed by atoms with van der Waals surface area (Å²) in [6.45, 7) is 2.67. The summed E-state index contributed by atoms with van der Waals surface area (Å²) in [5, 5.41) is 0. The number of aromatic nitrogens is 2. The molecule has 5 nitrogen and oxygen atoms in total. The van der Waals surface area contributed by atoms with Crippen molar-refractivity contribution in [2.45, 2.75) is 58.2 Å². The van der Waals surface area contributed by atoms with Gasteiger partial charge < -0.3 is 14.2 Å². The van der Waals surface area contributed by atoms with Gasteiger partial charge in [-0.25, -0.2) is 4.98 Å². The van der Waals surface area contributed by atoms with Crippen LogP contribution in [0.2, 0.25) is 0 Å². The number of aryl methyl sites for hydroxylation is 1. The Morgan fingerprint density at radius 2 is 1.93 bits per heavy atom. The monoisotopic (exact) mass is 391 g/mol. The highest BCUT2D eigenvalue weighted by Crippen LogP contribution is 2.23. The van der Waals surface area contributed by atoms with Gasteiger partial charge in [-0.3, -0.25) is 4.79 Å². The molecule has 1 aliphatic carbocycles. The van der Waals surface area contributed by atoms with Crippen LogP contribution in [0.3, 0.4) is 0 Å². The van der Waals surface area contributed by atoms with Crippen molar-refractivity contribution < 1.29 is 9.53 Å². The van der Waals surface area contributed by atoms with Crippen molar-refractivity contribution in [3.63, 3.8) is 0 Å². The number of hydrogen-bond acceptors (Lipinski definition) is 3. The lowest BCUT2D eigenvalue weighted by molar-refractivity contribution is -0.133. The first-order valence-electron chi connectivity index (χ1n) is 10.5. The maximum Gasteiger partial charge on any atom is 0.242 e. The minimum absolute atomic E-state index is 0.136. The summed E-state index contributed by atoms with van der Waals surface area (Å²) in [6.07, 6.45) is 5.93. The van der Waals surface area contributed by atoms with Gasteiger partial charge >= 0.3 is 0 Å². The van der Waals surface area contributed by atoms with E-state index in [2.05, 4.69) is 0 Å². The lowest BCUT2D eigenvalue weighted by Gasteiger charge is -2.31. The van der Waals surface area contributed by atoms with E-state index in [1.807, 2.05) is 72.0 Å². The third-order valence-electron chi connectivity index (χ3n) is 5.90. The number of carbonyl (C=O) groups is 1. The Labute approximate surface area is 172 Å². The zero-order valence-corrected chi connectivity index (χ0v) is 17.3. The number of amides is 1. The molecule has 0 saturated heterocycles. The molecule has 0 bridgehead atoms. The Balaban J connectivity index is 1.55. The van der Waals surface area contributed by atoms with Crippen LogP contribution in [-0.2, 0) is 17.9 Å². The Morgan fingerprint density at radius 1 is 1.14 bits per heavy atom. The van der Waals surface area contributed by atoms with Gasteiger partial charge in [-0.2, -0.15) is 0 Å². The molecule has 0 N–H and O–H groups in total. The molecular formula is C24H29N3O2. The molecule has 0 radical (unpaired) electrons. The normalized spacial score (nSPS) is 14.8. The number of ether oxygens (including phenoxy) is 1. The molecule has 29 heavy (non-hydrogen) atoms. The van der Waals surface area contributed by atoms with E-state index >= 15 is 0 Å². The lowest BCUT2D eigenvalue weighted by Crippen LogP contribution is -2.40. The minimum Gasteiger partial charge on any atom is -0.486 e. The second-order valence-electron chi connectivity index (χ2n) is 8.00. The van der Waals surface area contributed by atoms with Gasteiger partial charge in [0, 0.05) is 13.1 Å². The SMILES string of the molecule is Cc1cccc(OCc2nc3ccccc3n2CC(=O)N(C)C2CCCCC2)c1. The Morgan fingerprint density at radius 3 is 2.72 bits per heavy atom. The minimum atomic E-state index is 0.136. The lowest BCUT2D eigenvalue weighted by atomic mass is 9.94. The smallest absolute Gasteiger partial charge is 0.242 e. The fourth-order valence-electron chi connectivity index (χ4n) is 4.18. The van der Waals surface area contributed by atoms with Gasteiger partial charge in [0.1, 0.15) is 24.7 Å². The van der Waals surface area contributed by atoms with E-state index in [4.69, 9.17) is 9.72 Å². The standard InChI is InChI=1S/C24H29N3O2/c1-18-9-8-12-20(15-18)29-17-23-25-21-13-6-7-14-22(21)27(23)16-24(28)26(2)19-10-4-3-5-11-19/h6-9,12-15,19H,3-5,10-11,16-17H2,1-2H3. The van der Waals surface area contributed by atoms with Crippen LogP contribution in [0.25, 0.3) is 11.0 Å². The largest absolute Gasteiger partial charge is 0.486 e. The summed E-state index contributed by atoms with van der Waals surface area (Å²) >= 11 is 0. The molecule has 1 fully saturated rings. The maximum absolute atomic E-state index is 13.1. The number of imidazole rings is 1. The molecular weight excluding hydrogens is 362 g/mol. The summed E-state index contributed by atoms with van der Waals surface area (Å²) in [5.41, 5.74) is 3.02. The number of carbonyl (C=O) groups excluding carboxylic acids is 1. The second kappa shape index (κ2) is 8.68. The highest BCUT2D eigenvalue weighted by molar-refractivity contribution is 5.81. The maximum atomic E-state index is 13.1. The van der Waals surface area contributed by atoms with E-state index < -0.39 is 0 Å². The number of benzene rings is 2. The highest BCUT2D eigenvalue weighted by atomic mass is 16.5. The van der Waals surface area contributed by atoms with Gasteiger partial charge in [0.15, 0.2) is 0 Å². The molecule has 0 unspecified atom stereocenters. The van der Waals surface area contributed by atoms with Gasteiger partial charge in [0.2, 0.25) is 5.91 Å². The van der Waals surface area contributed by atoms with Crippen LogP contribution in [0.5, 0.6) is 5.75 Å². The fourth-order valence-corrected chi connectivity index (χ4v) is 4.18. The molecule has 2 aromatic carbocycles. The molecule has 0 atom stereocenters. The highest BCUT2D eigenvalue weighted by Gasteiger charge is 2.23. The Kier molecular flexibility index (Phi) is 5.84. The molecule has 152 valence electrons. The van der Waals surface area contributed by atoms with Crippen molar-refractivity contribution in [3.8, 4) is 5.75 Å². The van der Waals surface area contributed by atoms with E-state index in [0.717, 1.165) is 41.0 Å². The van der Waals surface area contributed by atoms with Gasteiger partial charge in [0.05, 0.1) is 11.0 Å². The molecule has 5 heteroatoms. The van der Waals surface area contributed by atoms with E-state index in [1.54, 1.807) is 0 Å². The number of para-hydroxylation sites is 2. The molecule has 1 saturated carbocycles. The summed E-state index contributed by atoms with van der Waals surface area (Å²) in [7, 11) is 1.94. The van der Waals surface area contributed by atoms with Crippen molar-refractivity contribution in [1.29, 1.82) is 0 Å². The number of fused-ring (bicyclic) bond motifs is 1. The first-order valence-corrected chi connectivity index (χ1v) is 10.5. The topological polar surface area (TPSA) is 47.4 Å². The fraction of sp³-hybridized carbons (Fsp3) is 0.417. The van der Waals surface area contributed by atoms with E-state index in [9.17, 15) is 4.79 Å². The molecule has 3 aromatic rings. The van der Waals surface area contributed by atoms with Crippen LogP contribution in [0.4, 0.5) is 0 Å². The first kappa shape index (κ1) is 19.5. The molecule has 0 spiro atoms. The van der Waals surface area contributed by atoms with Gasteiger partial charge in [-0.1, -0.05) is 43.5 Å². The number of nitrogens with zero attached hydrogens (tertiary/aromatic N) is 3. The molecule has 1 aliphatic rings. The first-order chi connectivity index (χ1) is 14.1. The van der Waals surface area contributed by atoms with E-state index in [-0.39, 0.29) is 5.91 Å². The average molecular weight is 392 g/mol. The summed E-state index contributed by atoms with van der Waals surface area (Å²) in [5.74, 6) is 1.73. The predicted molar refractivity (Wildman–Crippen MR) is 115 cm³/mol. The van der Waals surface area contributed by atoms with Crippen LogP contribution in [0.1, 0.15) is 43.5 Å². The molecule has 1 amide bonds. The third-order valence-corrected chi connectivity index (χ3v) is 5.90. The van der Waals surface area contributed by atoms with Crippen molar-refractivity contribution >= 4 is 16.9 Å². The van der Waals surface area contributed by atoms with Crippen LogP contribution in [-0.4, -0.2) is 33.4 Å². The molecule has 1 heterocycles. The molecule has 0 aliphatic heterocycles. The quantitative estimate of drug-likeness (QED) is 0.611. The van der Waals surface area contributed by atoms with Gasteiger partial charge in [-0.15, -0.1) is 0 Å². The Hall–Kier alpha value is -2.82. The summed E-state index contributed by atoms with van der Waals surface area (Å²) in [6, 6.07) is 16.3. The zero-order valence-electron chi connectivity index (χ0n) is 17.3. The van der Waals surface area contributed by atoms with Crippen molar-refractivity contribution in [2.75, 3.05) is 7.05 Å². The molecule has 1 aromatic heterocycles. The Bertz CT molecular complexity index is 989. The van der Waals surface area contributed by atoms with Crippen LogP contribution in [0, 0.1) is 6.92 Å². The predicted octanol–water partition coefficient (Wildman–Crippen LogP) is 4.71. The molecule has 4 rings (SSSR count). The van der Waals surface area contributed by atoms with Crippen LogP contribution in [0.15, 0.2) is 48.5 Å². The summed E-state index contributed by atoms with van der Waals surface area (Å²) < 4.78 is 8.00. The zero-order chi connectivity index (χ0) is 20.2. The number of hydrogen-bond donors (Lipinski definition) is 0. The third kappa shape index (κ3) is 4.44.